The number of aliphatic hydroxyl groups is 1. The molecule has 1 aliphatic heterocycles. The Bertz CT molecular complexity index is 474. The molecule has 0 bridgehead atoms. The van der Waals surface area contributed by atoms with Gasteiger partial charge in [-0.25, -0.2) is 8.42 Å². The highest BCUT2D eigenvalue weighted by atomic mass is 32.2. The lowest BCUT2D eigenvalue weighted by Crippen LogP contribution is -2.43. The predicted octanol–water partition coefficient (Wildman–Crippen LogP) is 0.209. The number of nitrogens with zero attached hydrogens (tertiary/aromatic N) is 1. The highest BCUT2D eigenvalue weighted by Gasteiger charge is 2.27. The van der Waals surface area contributed by atoms with E-state index < -0.39 is 16.1 Å². The molecule has 1 heterocycles. The molecule has 5 nitrogen and oxygen atoms in total. The number of rotatable bonds is 2. The molecule has 1 aromatic carbocycles. The molecule has 1 unspecified atom stereocenters. The van der Waals surface area contributed by atoms with Crippen molar-refractivity contribution in [1.82, 2.24) is 4.31 Å². The van der Waals surface area contributed by atoms with Crippen molar-refractivity contribution in [3.63, 3.8) is 0 Å². The van der Waals surface area contributed by atoms with E-state index in [9.17, 15) is 13.5 Å². The van der Waals surface area contributed by atoms with E-state index in [4.69, 9.17) is 4.74 Å². The van der Waals surface area contributed by atoms with Gasteiger partial charge in [-0.1, -0.05) is 30.3 Å². The highest BCUT2D eigenvalue weighted by Crippen LogP contribution is 2.12. The Morgan fingerprint density at radius 1 is 1.33 bits per heavy atom. The number of benzene rings is 1. The molecule has 0 aromatic heterocycles. The lowest BCUT2D eigenvalue weighted by atomic mass is 10.2. The number of aliphatic hydroxyl groups excluding tert-OH is 1. The Morgan fingerprint density at radius 3 is 2.78 bits per heavy atom. The van der Waals surface area contributed by atoms with Gasteiger partial charge in [0.05, 0.1) is 25.1 Å². The third kappa shape index (κ3) is 3.52. The summed E-state index contributed by atoms with van der Waals surface area (Å²) in [7, 11) is -3.37. The second kappa shape index (κ2) is 5.79. The Balaban J connectivity index is 2.15. The zero-order valence-electron chi connectivity index (χ0n) is 10.0. The van der Waals surface area contributed by atoms with Crippen LogP contribution in [0.25, 0.3) is 0 Å². The molecule has 1 saturated heterocycles. The van der Waals surface area contributed by atoms with Crippen LogP contribution < -0.4 is 0 Å². The summed E-state index contributed by atoms with van der Waals surface area (Å²) in [5.41, 5.74) is 0.912. The second-order valence-electron chi connectivity index (χ2n) is 4.32. The van der Waals surface area contributed by atoms with Gasteiger partial charge in [0.15, 0.2) is 0 Å². The minimum absolute atomic E-state index is 0.0352. The van der Waals surface area contributed by atoms with Crippen LogP contribution in [-0.4, -0.2) is 49.4 Å². The van der Waals surface area contributed by atoms with Crippen molar-refractivity contribution in [2.24, 2.45) is 0 Å². The highest BCUT2D eigenvalue weighted by molar-refractivity contribution is 7.89. The van der Waals surface area contributed by atoms with E-state index in [0.717, 1.165) is 5.56 Å². The van der Waals surface area contributed by atoms with Crippen LogP contribution in [0, 0.1) is 0 Å². The number of ether oxygens (including phenoxy) is 1. The molecule has 2 rings (SSSR count). The summed E-state index contributed by atoms with van der Waals surface area (Å²) in [4.78, 5) is 0. The summed E-state index contributed by atoms with van der Waals surface area (Å²) in [6, 6.07) is 9.36. The van der Waals surface area contributed by atoms with Crippen LogP contribution in [0.1, 0.15) is 5.56 Å². The van der Waals surface area contributed by atoms with Crippen molar-refractivity contribution in [3.8, 4) is 0 Å². The molecule has 1 atom stereocenters. The van der Waals surface area contributed by atoms with Crippen LogP contribution in [0.2, 0.25) is 0 Å². The fourth-order valence-corrected chi connectivity index (χ4v) is 3.20. The monoisotopic (exact) mass is 271 g/mol. The zero-order chi connectivity index (χ0) is 13.0. The van der Waals surface area contributed by atoms with Crippen molar-refractivity contribution < 1.29 is 18.3 Å². The molecule has 1 aromatic rings. The Hall–Kier alpha value is -0.950. The first-order valence-electron chi connectivity index (χ1n) is 5.85. The van der Waals surface area contributed by atoms with E-state index in [1.807, 2.05) is 30.3 Å². The van der Waals surface area contributed by atoms with Gasteiger partial charge >= 0.3 is 0 Å². The molecule has 1 fully saturated rings. The standard InChI is InChI=1S/C12H17NO4S/c14-12-9-13(8-11-4-2-1-3-5-11)18(15,16)7-6-17-10-12/h1-5,12,14H,6-10H2. The van der Waals surface area contributed by atoms with Crippen LogP contribution in [0.5, 0.6) is 0 Å². The molecule has 0 aliphatic carbocycles. The van der Waals surface area contributed by atoms with Gasteiger partial charge in [0.2, 0.25) is 10.0 Å². The molecular formula is C12H17NO4S. The topological polar surface area (TPSA) is 66.8 Å². The SMILES string of the molecule is O=S1(=O)CCOCC(O)CN1Cc1ccccc1. The van der Waals surface area contributed by atoms with Crippen molar-refractivity contribution >= 4 is 10.0 Å². The minimum atomic E-state index is -3.37. The molecule has 1 N–H and O–H groups in total. The number of hydrogen-bond acceptors (Lipinski definition) is 4. The van der Waals surface area contributed by atoms with Crippen LogP contribution in [-0.2, 0) is 21.3 Å². The summed E-state index contributed by atoms with van der Waals surface area (Å²) in [5, 5.41) is 9.66. The molecule has 6 heteroatoms. The molecule has 100 valence electrons. The van der Waals surface area contributed by atoms with E-state index in [-0.39, 0.29) is 25.5 Å². The van der Waals surface area contributed by atoms with E-state index >= 15 is 0 Å². The van der Waals surface area contributed by atoms with E-state index in [1.165, 1.54) is 4.31 Å². The predicted molar refractivity (Wildman–Crippen MR) is 67.5 cm³/mol. The van der Waals surface area contributed by atoms with Gasteiger partial charge in [0.1, 0.15) is 0 Å². The van der Waals surface area contributed by atoms with E-state index in [1.54, 1.807) is 0 Å². The summed E-state index contributed by atoms with van der Waals surface area (Å²) < 4.78 is 30.5. The fourth-order valence-electron chi connectivity index (χ4n) is 1.86. The summed E-state index contributed by atoms with van der Waals surface area (Å²) >= 11 is 0. The van der Waals surface area contributed by atoms with E-state index in [2.05, 4.69) is 0 Å². The Morgan fingerprint density at radius 2 is 2.06 bits per heavy atom. The lowest BCUT2D eigenvalue weighted by molar-refractivity contribution is 0.0272. The smallest absolute Gasteiger partial charge is 0.216 e. The fraction of sp³-hybridized carbons (Fsp3) is 0.500. The first-order valence-corrected chi connectivity index (χ1v) is 7.46. The van der Waals surface area contributed by atoms with Gasteiger partial charge in [-0.2, -0.15) is 4.31 Å². The first kappa shape index (κ1) is 13.5. The second-order valence-corrected chi connectivity index (χ2v) is 6.41. The molecule has 18 heavy (non-hydrogen) atoms. The third-order valence-electron chi connectivity index (χ3n) is 2.81. The largest absolute Gasteiger partial charge is 0.389 e. The Labute approximate surface area is 107 Å². The zero-order valence-corrected chi connectivity index (χ0v) is 10.8. The quantitative estimate of drug-likeness (QED) is 0.835. The molecule has 0 amide bonds. The maximum absolute atomic E-state index is 12.0. The van der Waals surface area contributed by atoms with Gasteiger partial charge in [-0.3, -0.25) is 0 Å². The van der Waals surface area contributed by atoms with Crippen molar-refractivity contribution in [2.45, 2.75) is 12.6 Å². The van der Waals surface area contributed by atoms with Crippen molar-refractivity contribution in [2.75, 3.05) is 25.5 Å². The minimum Gasteiger partial charge on any atom is -0.389 e. The van der Waals surface area contributed by atoms with Crippen LogP contribution in [0.15, 0.2) is 30.3 Å². The van der Waals surface area contributed by atoms with Crippen LogP contribution in [0.3, 0.4) is 0 Å². The maximum Gasteiger partial charge on any atom is 0.216 e. The number of β-amino-alcohol motifs (C(OH)–C–C–N with tert-alkyl or cyclic N) is 1. The van der Waals surface area contributed by atoms with Gasteiger partial charge in [0.25, 0.3) is 0 Å². The normalized spacial score (nSPS) is 25.3. The lowest BCUT2D eigenvalue weighted by Gasteiger charge is -2.27. The molecule has 0 spiro atoms. The van der Waals surface area contributed by atoms with Gasteiger partial charge in [-0.15, -0.1) is 0 Å². The average molecular weight is 271 g/mol. The molecule has 0 saturated carbocycles. The average Bonchev–Trinajstić information content (AvgIpc) is 2.34. The maximum atomic E-state index is 12.0. The summed E-state index contributed by atoms with van der Waals surface area (Å²) in [6.45, 7) is 0.683. The van der Waals surface area contributed by atoms with Crippen LogP contribution >= 0.6 is 0 Å². The molecular weight excluding hydrogens is 254 g/mol. The number of sulfonamides is 1. The van der Waals surface area contributed by atoms with E-state index in [0.29, 0.717) is 6.54 Å². The van der Waals surface area contributed by atoms with Gasteiger partial charge < -0.3 is 9.84 Å². The first-order chi connectivity index (χ1) is 8.58. The summed E-state index contributed by atoms with van der Waals surface area (Å²) in [5.74, 6) is -0.0352. The molecule has 0 radical (unpaired) electrons. The third-order valence-corrected chi connectivity index (χ3v) is 4.55. The summed E-state index contributed by atoms with van der Waals surface area (Å²) in [6.07, 6.45) is -0.774. The van der Waals surface area contributed by atoms with Gasteiger partial charge in [-0.05, 0) is 5.56 Å². The molecule has 1 aliphatic rings. The van der Waals surface area contributed by atoms with Crippen molar-refractivity contribution in [3.05, 3.63) is 35.9 Å². The van der Waals surface area contributed by atoms with Crippen LogP contribution in [0.4, 0.5) is 0 Å². The van der Waals surface area contributed by atoms with Crippen molar-refractivity contribution in [1.29, 1.82) is 0 Å². The van der Waals surface area contributed by atoms with Gasteiger partial charge in [0, 0.05) is 13.1 Å². The number of hydrogen-bond donors (Lipinski definition) is 1. The Kier molecular flexibility index (Phi) is 4.34.